The van der Waals surface area contributed by atoms with Crippen LogP contribution in [0.2, 0.25) is 0 Å². The molecule has 0 aliphatic rings. The van der Waals surface area contributed by atoms with E-state index in [1.54, 1.807) is 20.2 Å². The molecule has 0 radical (unpaired) electrons. The molecule has 1 heterocycles. The van der Waals surface area contributed by atoms with Gasteiger partial charge in [0.05, 0.1) is 6.61 Å². The van der Waals surface area contributed by atoms with Crippen LogP contribution in [0, 0.1) is 6.92 Å². The Morgan fingerprint density at radius 1 is 1.45 bits per heavy atom. The fraction of sp³-hybridized carbons (Fsp3) is 0.750. The summed E-state index contributed by atoms with van der Waals surface area (Å²) in [6, 6.07) is 0. The molecule has 0 atom stereocenters. The van der Waals surface area contributed by atoms with Crippen molar-refractivity contribution in [1.82, 2.24) is 13.9 Å². The molecule has 20 heavy (non-hydrogen) atoms. The van der Waals surface area contributed by atoms with E-state index in [1.807, 2.05) is 11.5 Å². The van der Waals surface area contributed by atoms with Crippen molar-refractivity contribution < 1.29 is 13.2 Å². The first-order chi connectivity index (χ1) is 9.47. The topological polar surface area (TPSA) is 90.5 Å². The smallest absolute Gasteiger partial charge is 0.262 e. The molecular formula is C12H24N4O3S. The number of aromatic nitrogens is 2. The van der Waals surface area contributed by atoms with E-state index in [0.29, 0.717) is 45.0 Å². The SMILES string of the molecule is CCn1cc(S(=O)(=O)N(CCCN)CCOC)nc1C. The number of aryl methyl sites for hydroxylation is 2. The zero-order chi connectivity index (χ0) is 15.2. The van der Waals surface area contributed by atoms with Crippen LogP contribution in [0.15, 0.2) is 11.2 Å². The zero-order valence-corrected chi connectivity index (χ0v) is 13.2. The van der Waals surface area contributed by atoms with Crippen LogP contribution in [-0.4, -0.2) is 55.6 Å². The van der Waals surface area contributed by atoms with Crippen molar-refractivity contribution in [2.75, 3.05) is 33.4 Å². The largest absolute Gasteiger partial charge is 0.383 e. The van der Waals surface area contributed by atoms with Crippen molar-refractivity contribution in [2.24, 2.45) is 5.73 Å². The third kappa shape index (κ3) is 4.02. The maximum atomic E-state index is 12.6. The molecule has 8 heteroatoms. The average molecular weight is 304 g/mol. The molecule has 1 aromatic heterocycles. The Kier molecular flexibility index (Phi) is 6.60. The van der Waals surface area contributed by atoms with Gasteiger partial charge < -0.3 is 15.0 Å². The Labute approximate surface area is 120 Å². The van der Waals surface area contributed by atoms with Gasteiger partial charge in [0.15, 0.2) is 5.03 Å². The number of imidazole rings is 1. The molecule has 1 aromatic rings. The van der Waals surface area contributed by atoms with E-state index in [-0.39, 0.29) is 5.03 Å². The average Bonchev–Trinajstić information content (AvgIpc) is 2.80. The Hall–Kier alpha value is -0.960. The van der Waals surface area contributed by atoms with Crippen LogP contribution >= 0.6 is 0 Å². The molecular weight excluding hydrogens is 280 g/mol. The van der Waals surface area contributed by atoms with Crippen molar-refractivity contribution in [3.8, 4) is 0 Å². The molecule has 0 fully saturated rings. The predicted molar refractivity (Wildman–Crippen MR) is 76.9 cm³/mol. The molecule has 0 bridgehead atoms. The molecule has 0 spiro atoms. The summed E-state index contributed by atoms with van der Waals surface area (Å²) >= 11 is 0. The van der Waals surface area contributed by atoms with Crippen LogP contribution in [0.5, 0.6) is 0 Å². The minimum Gasteiger partial charge on any atom is -0.383 e. The summed E-state index contributed by atoms with van der Waals surface area (Å²) in [6.45, 7) is 5.90. The van der Waals surface area contributed by atoms with Crippen molar-refractivity contribution in [2.45, 2.75) is 31.8 Å². The summed E-state index contributed by atoms with van der Waals surface area (Å²) < 4.78 is 33.3. The highest BCUT2D eigenvalue weighted by atomic mass is 32.2. The summed E-state index contributed by atoms with van der Waals surface area (Å²) in [5.41, 5.74) is 5.46. The van der Waals surface area contributed by atoms with Gasteiger partial charge in [-0.1, -0.05) is 0 Å². The van der Waals surface area contributed by atoms with E-state index in [1.165, 1.54) is 4.31 Å². The second-order valence-corrected chi connectivity index (χ2v) is 6.34. The van der Waals surface area contributed by atoms with Gasteiger partial charge in [-0.05, 0) is 26.8 Å². The normalized spacial score (nSPS) is 12.2. The van der Waals surface area contributed by atoms with E-state index in [4.69, 9.17) is 10.5 Å². The Morgan fingerprint density at radius 2 is 2.15 bits per heavy atom. The molecule has 0 aliphatic heterocycles. The lowest BCUT2D eigenvalue weighted by Gasteiger charge is -2.20. The van der Waals surface area contributed by atoms with Gasteiger partial charge >= 0.3 is 0 Å². The number of rotatable bonds is 9. The lowest BCUT2D eigenvalue weighted by atomic mass is 10.4. The van der Waals surface area contributed by atoms with Gasteiger partial charge in [0, 0.05) is 32.9 Å². The maximum absolute atomic E-state index is 12.6. The summed E-state index contributed by atoms with van der Waals surface area (Å²) in [6.07, 6.45) is 2.18. The molecule has 0 saturated heterocycles. The van der Waals surface area contributed by atoms with Gasteiger partial charge in [0.25, 0.3) is 10.0 Å². The van der Waals surface area contributed by atoms with Gasteiger partial charge in [-0.15, -0.1) is 0 Å². The van der Waals surface area contributed by atoms with E-state index < -0.39 is 10.0 Å². The van der Waals surface area contributed by atoms with Crippen molar-refractivity contribution in [3.05, 3.63) is 12.0 Å². The van der Waals surface area contributed by atoms with E-state index in [2.05, 4.69) is 4.98 Å². The first kappa shape index (κ1) is 17.1. The second kappa shape index (κ2) is 7.72. The van der Waals surface area contributed by atoms with E-state index in [9.17, 15) is 8.42 Å². The van der Waals surface area contributed by atoms with Crippen molar-refractivity contribution >= 4 is 10.0 Å². The molecule has 116 valence electrons. The monoisotopic (exact) mass is 304 g/mol. The van der Waals surface area contributed by atoms with Crippen LogP contribution in [0.4, 0.5) is 0 Å². The molecule has 7 nitrogen and oxygen atoms in total. The van der Waals surface area contributed by atoms with Gasteiger partial charge in [0.1, 0.15) is 5.82 Å². The summed E-state index contributed by atoms with van der Waals surface area (Å²) in [7, 11) is -2.05. The van der Waals surface area contributed by atoms with Gasteiger partial charge in [-0.25, -0.2) is 13.4 Å². The van der Waals surface area contributed by atoms with E-state index in [0.717, 1.165) is 0 Å². The quantitative estimate of drug-likeness (QED) is 0.703. The molecule has 0 aromatic carbocycles. The molecule has 0 saturated carbocycles. The molecule has 0 unspecified atom stereocenters. The van der Waals surface area contributed by atoms with Crippen LogP contribution in [-0.2, 0) is 21.3 Å². The fourth-order valence-corrected chi connectivity index (χ4v) is 3.33. The fourth-order valence-electron chi connectivity index (χ4n) is 1.87. The van der Waals surface area contributed by atoms with Crippen molar-refractivity contribution in [1.29, 1.82) is 0 Å². The number of sulfonamides is 1. The number of nitrogens with zero attached hydrogens (tertiary/aromatic N) is 3. The van der Waals surface area contributed by atoms with Crippen molar-refractivity contribution in [3.63, 3.8) is 0 Å². The molecule has 0 amide bonds. The predicted octanol–water partition coefficient (Wildman–Crippen LogP) is 0.197. The highest BCUT2D eigenvalue weighted by Gasteiger charge is 2.26. The van der Waals surface area contributed by atoms with Gasteiger partial charge in [0.2, 0.25) is 0 Å². The summed E-state index contributed by atoms with van der Waals surface area (Å²) in [4.78, 5) is 4.15. The van der Waals surface area contributed by atoms with Crippen LogP contribution < -0.4 is 5.73 Å². The second-order valence-electron chi connectivity index (χ2n) is 4.45. The Balaban J connectivity index is 3.00. The summed E-state index contributed by atoms with van der Waals surface area (Å²) in [5, 5.41) is 0.0879. The highest BCUT2D eigenvalue weighted by Crippen LogP contribution is 2.15. The minimum absolute atomic E-state index is 0.0879. The highest BCUT2D eigenvalue weighted by molar-refractivity contribution is 7.89. The van der Waals surface area contributed by atoms with Crippen LogP contribution in [0.3, 0.4) is 0 Å². The number of hydrogen-bond donors (Lipinski definition) is 1. The van der Waals surface area contributed by atoms with Gasteiger partial charge in [-0.3, -0.25) is 0 Å². The molecule has 0 aliphatic carbocycles. The minimum atomic E-state index is -3.59. The number of nitrogens with two attached hydrogens (primary N) is 1. The standard InChI is InChI=1S/C12H24N4O3S/c1-4-15-10-12(14-11(15)2)20(17,18)16(7-5-6-13)8-9-19-3/h10H,4-9,13H2,1-3H3. The number of ether oxygens (including phenoxy) is 1. The third-order valence-corrected chi connectivity index (χ3v) is 4.83. The number of hydrogen-bond acceptors (Lipinski definition) is 5. The first-order valence-corrected chi connectivity index (χ1v) is 8.14. The lowest BCUT2D eigenvalue weighted by Crippen LogP contribution is -2.35. The lowest BCUT2D eigenvalue weighted by molar-refractivity contribution is 0.178. The number of methoxy groups -OCH3 is 1. The van der Waals surface area contributed by atoms with E-state index >= 15 is 0 Å². The Bertz CT molecular complexity index is 505. The van der Waals surface area contributed by atoms with Gasteiger partial charge in [-0.2, -0.15) is 4.31 Å². The van der Waals surface area contributed by atoms with Crippen LogP contribution in [0.1, 0.15) is 19.2 Å². The zero-order valence-electron chi connectivity index (χ0n) is 12.4. The molecule has 2 N–H and O–H groups in total. The third-order valence-electron chi connectivity index (χ3n) is 3.06. The van der Waals surface area contributed by atoms with Crippen LogP contribution in [0.25, 0.3) is 0 Å². The molecule has 1 rings (SSSR count). The summed E-state index contributed by atoms with van der Waals surface area (Å²) in [5.74, 6) is 0.691. The Morgan fingerprint density at radius 3 is 2.65 bits per heavy atom. The maximum Gasteiger partial charge on any atom is 0.262 e. The first-order valence-electron chi connectivity index (χ1n) is 6.70.